The molecule has 16 heavy (non-hydrogen) atoms. The normalized spacial score (nSPS) is 24.3. The molecule has 1 fully saturated rings. The average Bonchev–Trinajstić information content (AvgIpc) is 2.60. The number of halogens is 1. The van der Waals surface area contributed by atoms with Gasteiger partial charge in [-0.1, -0.05) is 0 Å². The fourth-order valence-electron chi connectivity index (χ4n) is 1.98. The van der Waals surface area contributed by atoms with Crippen molar-refractivity contribution in [1.29, 1.82) is 0 Å². The van der Waals surface area contributed by atoms with Gasteiger partial charge in [0, 0.05) is 18.4 Å². The molecule has 86 valence electrons. The maximum atomic E-state index is 13.2. The Kier molecular flexibility index (Phi) is 2.58. The molecule has 0 spiro atoms. The lowest BCUT2D eigenvalue weighted by Crippen LogP contribution is -2.22. The highest BCUT2D eigenvalue weighted by Gasteiger charge is 2.39. The Morgan fingerprint density at radius 1 is 1.50 bits per heavy atom. The van der Waals surface area contributed by atoms with Crippen molar-refractivity contribution in [3.05, 3.63) is 29.6 Å². The van der Waals surface area contributed by atoms with Crippen LogP contribution in [-0.4, -0.2) is 13.1 Å². The molecule has 1 heterocycles. The highest BCUT2D eigenvalue weighted by atomic mass is 19.1. The fraction of sp³-hybridized carbons (Fsp3) is 0.417. The van der Waals surface area contributed by atoms with Crippen LogP contribution in [0.1, 0.15) is 25.3 Å². The Balaban J connectivity index is 2.46. The van der Waals surface area contributed by atoms with Crippen molar-refractivity contribution >= 4 is 5.97 Å². The second kappa shape index (κ2) is 3.77. The van der Waals surface area contributed by atoms with Gasteiger partial charge in [-0.3, -0.25) is 4.79 Å². The lowest BCUT2D eigenvalue weighted by Gasteiger charge is -2.25. The maximum Gasteiger partial charge on any atom is 0.306 e. The van der Waals surface area contributed by atoms with Gasteiger partial charge >= 0.3 is 5.97 Å². The van der Waals surface area contributed by atoms with E-state index in [-0.39, 0.29) is 11.8 Å². The van der Waals surface area contributed by atoms with Crippen molar-refractivity contribution in [1.82, 2.24) is 0 Å². The summed E-state index contributed by atoms with van der Waals surface area (Å²) in [5.74, 6) is -0.0765. The minimum atomic E-state index is -0.773. The van der Waals surface area contributed by atoms with E-state index < -0.39 is 5.60 Å². The minimum absolute atomic E-state index is 0.256. The van der Waals surface area contributed by atoms with E-state index in [1.807, 2.05) is 0 Å². The molecule has 1 aromatic rings. The molecule has 0 aromatic heterocycles. The van der Waals surface area contributed by atoms with Crippen LogP contribution < -0.4 is 4.74 Å². The number of carbonyl (C=O) groups excluding carboxylic acids is 1. The molecule has 0 saturated carbocycles. The molecule has 1 aliphatic rings. The van der Waals surface area contributed by atoms with Crippen LogP contribution in [0.3, 0.4) is 0 Å². The van der Waals surface area contributed by atoms with Crippen LogP contribution in [0.25, 0.3) is 0 Å². The molecule has 1 aliphatic heterocycles. The monoisotopic (exact) mass is 224 g/mol. The third kappa shape index (κ3) is 1.75. The van der Waals surface area contributed by atoms with Crippen LogP contribution in [0.15, 0.2) is 18.2 Å². The summed E-state index contributed by atoms with van der Waals surface area (Å²) in [5, 5.41) is 0. The van der Waals surface area contributed by atoms with Gasteiger partial charge < -0.3 is 9.47 Å². The molecule has 2 rings (SSSR count). The molecule has 0 aliphatic carbocycles. The zero-order valence-corrected chi connectivity index (χ0v) is 9.25. The molecule has 0 N–H and O–H groups in total. The lowest BCUT2D eigenvalue weighted by atomic mass is 9.92. The Labute approximate surface area is 93.2 Å². The van der Waals surface area contributed by atoms with Crippen molar-refractivity contribution in [3.63, 3.8) is 0 Å². The molecular weight excluding hydrogens is 211 g/mol. The first-order chi connectivity index (χ1) is 7.55. The van der Waals surface area contributed by atoms with Gasteiger partial charge in [-0.15, -0.1) is 0 Å². The van der Waals surface area contributed by atoms with E-state index in [4.69, 9.17) is 9.47 Å². The summed E-state index contributed by atoms with van der Waals surface area (Å²) in [7, 11) is 1.51. The number of ether oxygens (including phenoxy) is 2. The Bertz CT molecular complexity index is 430. The summed E-state index contributed by atoms with van der Waals surface area (Å²) in [5.41, 5.74) is -0.189. The fourth-order valence-corrected chi connectivity index (χ4v) is 1.98. The molecule has 1 atom stereocenters. The minimum Gasteiger partial charge on any atom is -0.496 e. The zero-order valence-electron chi connectivity index (χ0n) is 9.25. The Morgan fingerprint density at radius 2 is 2.25 bits per heavy atom. The number of methoxy groups -OCH3 is 1. The summed E-state index contributed by atoms with van der Waals surface area (Å²) in [6.07, 6.45) is 0.905. The molecule has 4 heteroatoms. The summed E-state index contributed by atoms with van der Waals surface area (Å²) in [6, 6.07) is 4.22. The predicted molar refractivity (Wildman–Crippen MR) is 55.6 cm³/mol. The number of hydrogen-bond acceptors (Lipinski definition) is 3. The molecule has 1 saturated heterocycles. The van der Waals surface area contributed by atoms with Gasteiger partial charge in [0.1, 0.15) is 17.2 Å². The molecule has 3 nitrogen and oxygen atoms in total. The van der Waals surface area contributed by atoms with Crippen molar-refractivity contribution < 1.29 is 18.7 Å². The number of carbonyl (C=O) groups is 1. The van der Waals surface area contributed by atoms with E-state index in [1.54, 1.807) is 13.0 Å². The number of benzene rings is 1. The van der Waals surface area contributed by atoms with Crippen molar-refractivity contribution in [3.8, 4) is 5.75 Å². The first-order valence-electron chi connectivity index (χ1n) is 5.11. The summed E-state index contributed by atoms with van der Waals surface area (Å²) in [4.78, 5) is 11.2. The summed E-state index contributed by atoms with van der Waals surface area (Å²) in [6.45, 7) is 1.77. The summed E-state index contributed by atoms with van der Waals surface area (Å²) < 4.78 is 23.6. The van der Waals surface area contributed by atoms with E-state index in [0.29, 0.717) is 24.2 Å². The third-order valence-corrected chi connectivity index (χ3v) is 2.88. The number of hydrogen-bond donors (Lipinski definition) is 0. The van der Waals surface area contributed by atoms with Crippen LogP contribution in [0.5, 0.6) is 5.75 Å². The highest BCUT2D eigenvalue weighted by molar-refractivity contribution is 5.72. The average molecular weight is 224 g/mol. The van der Waals surface area contributed by atoms with Gasteiger partial charge in [0.25, 0.3) is 0 Å². The molecule has 0 radical (unpaired) electrons. The first-order valence-corrected chi connectivity index (χ1v) is 5.11. The number of rotatable bonds is 2. The molecule has 0 amide bonds. The Hall–Kier alpha value is -1.58. The third-order valence-electron chi connectivity index (χ3n) is 2.88. The van der Waals surface area contributed by atoms with E-state index in [1.165, 1.54) is 19.2 Å². The van der Waals surface area contributed by atoms with Gasteiger partial charge in [0.05, 0.1) is 7.11 Å². The van der Waals surface area contributed by atoms with E-state index in [9.17, 15) is 9.18 Å². The van der Waals surface area contributed by atoms with Crippen LogP contribution in [-0.2, 0) is 15.1 Å². The topological polar surface area (TPSA) is 35.5 Å². The van der Waals surface area contributed by atoms with E-state index in [2.05, 4.69) is 0 Å². The van der Waals surface area contributed by atoms with Crippen LogP contribution in [0, 0.1) is 5.82 Å². The van der Waals surface area contributed by atoms with Gasteiger partial charge in [0.15, 0.2) is 0 Å². The van der Waals surface area contributed by atoms with Crippen molar-refractivity contribution in [2.45, 2.75) is 25.4 Å². The van der Waals surface area contributed by atoms with E-state index >= 15 is 0 Å². The second-order valence-corrected chi connectivity index (χ2v) is 4.05. The second-order valence-electron chi connectivity index (χ2n) is 4.05. The van der Waals surface area contributed by atoms with Gasteiger partial charge in [-0.05, 0) is 25.1 Å². The molecule has 1 unspecified atom stereocenters. The van der Waals surface area contributed by atoms with Crippen LogP contribution >= 0.6 is 0 Å². The smallest absolute Gasteiger partial charge is 0.306 e. The predicted octanol–water partition coefficient (Wildman–Crippen LogP) is 2.39. The summed E-state index contributed by atoms with van der Waals surface area (Å²) >= 11 is 0. The quantitative estimate of drug-likeness (QED) is 0.723. The van der Waals surface area contributed by atoms with E-state index in [0.717, 1.165) is 0 Å². The first kappa shape index (κ1) is 10.9. The molecule has 0 bridgehead atoms. The standard InChI is InChI=1S/C12H13FO3/c1-12(6-5-11(14)16-12)9-7-8(13)3-4-10(9)15-2/h3-4,7H,5-6H2,1-2H3. The molecule has 1 aromatic carbocycles. The zero-order chi connectivity index (χ0) is 11.8. The van der Waals surface area contributed by atoms with Crippen LogP contribution in [0.4, 0.5) is 4.39 Å². The number of cyclic esters (lactones) is 1. The SMILES string of the molecule is COc1ccc(F)cc1C1(C)CCC(=O)O1. The van der Waals surface area contributed by atoms with Gasteiger partial charge in [-0.25, -0.2) is 4.39 Å². The van der Waals surface area contributed by atoms with Crippen LogP contribution in [0.2, 0.25) is 0 Å². The van der Waals surface area contributed by atoms with Gasteiger partial charge in [-0.2, -0.15) is 0 Å². The van der Waals surface area contributed by atoms with Gasteiger partial charge in [0.2, 0.25) is 0 Å². The maximum absolute atomic E-state index is 13.2. The number of esters is 1. The molecular formula is C12H13FO3. The van der Waals surface area contributed by atoms with Crippen molar-refractivity contribution in [2.75, 3.05) is 7.11 Å². The lowest BCUT2D eigenvalue weighted by molar-refractivity contribution is -0.147. The highest BCUT2D eigenvalue weighted by Crippen LogP contribution is 2.41. The Morgan fingerprint density at radius 3 is 2.81 bits per heavy atom. The largest absolute Gasteiger partial charge is 0.496 e. The van der Waals surface area contributed by atoms with Crippen molar-refractivity contribution in [2.24, 2.45) is 0 Å².